The van der Waals surface area contributed by atoms with E-state index in [1.807, 2.05) is 0 Å². The third-order valence-corrected chi connectivity index (χ3v) is 3.56. The van der Waals surface area contributed by atoms with Gasteiger partial charge in [0, 0.05) is 12.2 Å². The molecule has 0 radical (unpaired) electrons. The van der Waals surface area contributed by atoms with Crippen molar-refractivity contribution in [3.05, 3.63) is 30.3 Å². The molecule has 0 saturated heterocycles. The zero-order valence-electron chi connectivity index (χ0n) is 12.8. The van der Waals surface area contributed by atoms with Gasteiger partial charge in [-0.05, 0) is 24.5 Å². The Labute approximate surface area is 119 Å². The van der Waals surface area contributed by atoms with Crippen LogP contribution in [-0.4, -0.2) is 6.54 Å². The van der Waals surface area contributed by atoms with Crippen LogP contribution in [0.2, 0.25) is 0 Å². The maximum absolute atomic E-state index is 3.47. The summed E-state index contributed by atoms with van der Waals surface area (Å²) in [6.07, 6.45) is 11.2. The lowest BCUT2D eigenvalue weighted by atomic mass is 10.0. The zero-order valence-corrected chi connectivity index (χ0v) is 12.8. The monoisotopic (exact) mass is 261 g/mol. The van der Waals surface area contributed by atoms with Gasteiger partial charge in [0.05, 0.1) is 0 Å². The largest absolute Gasteiger partial charge is 0.385 e. The Balaban J connectivity index is 1.81. The van der Waals surface area contributed by atoms with Gasteiger partial charge in [-0.3, -0.25) is 0 Å². The van der Waals surface area contributed by atoms with Gasteiger partial charge in [0.2, 0.25) is 0 Å². The highest BCUT2D eigenvalue weighted by Crippen LogP contribution is 2.12. The molecule has 0 bridgehead atoms. The second-order valence-electron chi connectivity index (χ2n) is 5.95. The van der Waals surface area contributed by atoms with Crippen LogP contribution in [0.15, 0.2) is 30.3 Å². The maximum atomic E-state index is 3.47. The van der Waals surface area contributed by atoms with E-state index in [0.29, 0.717) is 0 Å². The molecule has 0 aliphatic rings. The van der Waals surface area contributed by atoms with Gasteiger partial charge in [-0.1, -0.05) is 77.0 Å². The van der Waals surface area contributed by atoms with E-state index in [9.17, 15) is 0 Å². The Hall–Kier alpha value is -0.980. The van der Waals surface area contributed by atoms with Crippen molar-refractivity contribution in [1.82, 2.24) is 0 Å². The summed E-state index contributed by atoms with van der Waals surface area (Å²) in [4.78, 5) is 0. The smallest absolute Gasteiger partial charge is 0.0340 e. The molecule has 19 heavy (non-hydrogen) atoms. The summed E-state index contributed by atoms with van der Waals surface area (Å²) >= 11 is 0. The Morgan fingerprint density at radius 1 is 0.789 bits per heavy atom. The van der Waals surface area contributed by atoms with E-state index in [2.05, 4.69) is 49.5 Å². The van der Waals surface area contributed by atoms with Gasteiger partial charge in [0.25, 0.3) is 0 Å². The summed E-state index contributed by atoms with van der Waals surface area (Å²) < 4.78 is 0. The lowest BCUT2D eigenvalue weighted by Gasteiger charge is -2.06. The minimum absolute atomic E-state index is 0.879. The molecule has 0 fully saturated rings. The molecule has 1 rings (SSSR count). The van der Waals surface area contributed by atoms with Crippen molar-refractivity contribution in [2.24, 2.45) is 5.92 Å². The third-order valence-electron chi connectivity index (χ3n) is 3.56. The Morgan fingerprint density at radius 3 is 2.00 bits per heavy atom. The third kappa shape index (κ3) is 9.58. The first-order valence-corrected chi connectivity index (χ1v) is 8.08. The standard InChI is InChI=1S/C18H31N/c1-17(2)13-9-6-4-3-5-7-12-16-19-18-14-10-8-11-15-18/h8,10-11,14-15,17,19H,3-7,9,12-13,16H2,1-2H3. The first-order valence-electron chi connectivity index (χ1n) is 8.08. The Morgan fingerprint density at radius 2 is 1.37 bits per heavy atom. The van der Waals surface area contributed by atoms with Crippen molar-refractivity contribution in [2.75, 3.05) is 11.9 Å². The molecule has 1 N–H and O–H groups in total. The lowest BCUT2D eigenvalue weighted by Crippen LogP contribution is -2.00. The van der Waals surface area contributed by atoms with Crippen molar-refractivity contribution in [2.45, 2.75) is 65.2 Å². The van der Waals surface area contributed by atoms with Crippen LogP contribution in [0.4, 0.5) is 5.69 Å². The molecular weight excluding hydrogens is 230 g/mol. The first kappa shape index (κ1) is 16.1. The predicted octanol–water partition coefficient (Wildman–Crippen LogP) is 5.88. The molecule has 1 nitrogen and oxygen atoms in total. The summed E-state index contributed by atoms with van der Waals surface area (Å²) in [5, 5.41) is 3.47. The summed E-state index contributed by atoms with van der Waals surface area (Å²) in [6, 6.07) is 10.5. The van der Waals surface area contributed by atoms with Gasteiger partial charge in [-0.2, -0.15) is 0 Å². The highest BCUT2D eigenvalue weighted by atomic mass is 14.9. The van der Waals surface area contributed by atoms with Crippen LogP contribution in [0.5, 0.6) is 0 Å². The fourth-order valence-electron chi connectivity index (χ4n) is 2.35. The van der Waals surface area contributed by atoms with Gasteiger partial charge in [0.1, 0.15) is 0 Å². The van der Waals surface area contributed by atoms with Gasteiger partial charge < -0.3 is 5.32 Å². The molecular formula is C18H31N. The molecule has 108 valence electrons. The number of hydrogen-bond acceptors (Lipinski definition) is 1. The lowest BCUT2D eigenvalue weighted by molar-refractivity contribution is 0.510. The van der Waals surface area contributed by atoms with Crippen LogP contribution in [-0.2, 0) is 0 Å². The average Bonchev–Trinajstić information content (AvgIpc) is 2.42. The SMILES string of the molecule is CC(C)CCCCCCCCCNc1ccccc1. The van der Waals surface area contributed by atoms with Crippen LogP contribution < -0.4 is 5.32 Å². The number of rotatable bonds is 11. The molecule has 1 heteroatoms. The van der Waals surface area contributed by atoms with Gasteiger partial charge in [-0.25, -0.2) is 0 Å². The number of para-hydroxylation sites is 1. The van der Waals surface area contributed by atoms with Crippen molar-refractivity contribution in [3.8, 4) is 0 Å². The number of hydrogen-bond donors (Lipinski definition) is 1. The molecule has 0 saturated carbocycles. The van der Waals surface area contributed by atoms with Crippen molar-refractivity contribution in [1.29, 1.82) is 0 Å². The van der Waals surface area contributed by atoms with Crippen LogP contribution in [0, 0.1) is 5.92 Å². The number of anilines is 1. The van der Waals surface area contributed by atoms with E-state index in [4.69, 9.17) is 0 Å². The average molecular weight is 261 g/mol. The van der Waals surface area contributed by atoms with E-state index in [0.717, 1.165) is 12.5 Å². The molecule has 1 aromatic rings. The van der Waals surface area contributed by atoms with E-state index >= 15 is 0 Å². The topological polar surface area (TPSA) is 12.0 Å². The Kier molecular flexibility index (Phi) is 9.22. The van der Waals surface area contributed by atoms with Crippen LogP contribution in [0.3, 0.4) is 0 Å². The minimum Gasteiger partial charge on any atom is -0.385 e. The van der Waals surface area contributed by atoms with Crippen molar-refractivity contribution < 1.29 is 0 Å². The van der Waals surface area contributed by atoms with E-state index in [1.54, 1.807) is 0 Å². The summed E-state index contributed by atoms with van der Waals surface area (Å²) in [5.74, 6) is 0.879. The van der Waals surface area contributed by atoms with Crippen LogP contribution in [0.25, 0.3) is 0 Å². The quantitative estimate of drug-likeness (QED) is 0.491. The van der Waals surface area contributed by atoms with Crippen LogP contribution >= 0.6 is 0 Å². The molecule has 0 aliphatic carbocycles. The van der Waals surface area contributed by atoms with E-state index in [-0.39, 0.29) is 0 Å². The number of nitrogens with one attached hydrogen (secondary N) is 1. The number of benzene rings is 1. The molecule has 0 unspecified atom stereocenters. The van der Waals surface area contributed by atoms with Crippen molar-refractivity contribution >= 4 is 5.69 Å². The van der Waals surface area contributed by atoms with Crippen molar-refractivity contribution in [3.63, 3.8) is 0 Å². The molecule has 0 spiro atoms. The molecule has 0 atom stereocenters. The van der Waals surface area contributed by atoms with E-state index in [1.165, 1.54) is 57.1 Å². The minimum atomic E-state index is 0.879. The second kappa shape index (κ2) is 10.9. The summed E-state index contributed by atoms with van der Waals surface area (Å²) in [5.41, 5.74) is 1.25. The molecule has 0 heterocycles. The second-order valence-corrected chi connectivity index (χ2v) is 5.95. The highest BCUT2D eigenvalue weighted by Gasteiger charge is 1.95. The highest BCUT2D eigenvalue weighted by molar-refractivity contribution is 5.42. The first-order chi connectivity index (χ1) is 9.29. The Bertz CT molecular complexity index is 292. The maximum Gasteiger partial charge on any atom is 0.0340 e. The fraction of sp³-hybridized carbons (Fsp3) is 0.667. The predicted molar refractivity (Wildman–Crippen MR) is 86.7 cm³/mol. The van der Waals surface area contributed by atoms with Gasteiger partial charge >= 0.3 is 0 Å². The van der Waals surface area contributed by atoms with E-state index < -0.39 is 0 Å². The summed E-state index contributed by atoms with van der Waals surface area (Å²) in [7, 11) is 0. The number of unbranched alkanes of at least 4 members (excludes halogenated alkanes) is 6. The van der Waals surface area contributed by atoms with Gasteiger partial charge in [-0.15, -0.1) is 0 Å². The van der Waals surface area contributed by atoms with Gasteiger partial charge in [0.15, 0.2) is 0 Å². The molecule has 1 aromatic carbocycles. The molecule has 0 amide bonds. The normalized spacial score (nSPS) is 10.9. The summed E-state index contributed by atoms with van der Waals surface area (Å²) in [6.45, 7) is 5.75. The fourth-order valence-corrected chi connectivity index (χ4v) is 2.35. The zero-order chi connectivity index (χ0) is 13.8. The van der Waals surface area contributed by atoms with Crippen LogP contribution in [0.1, 0.15) is 65.2 Å². The molecule has 0 aliphatic heterocycles. The molecule has 0 aromatic heterocycles.